The lowest BCUT2D eigenvalue weighted by Crippen LogP contribution is -2.29. The minimum atomic E-state index is -0.0797. The lowest BCUT2D eigenvalue weighted by Gasteiger charge is -2.12. The van der Waals surface area contributed by atoms with Crippen LogP contribution in [-0.2, 0) is 27.2 Å². The number of ether oxygens (including phenoxy) is 2. The second kappa shape index (κ2) is 17.6. The van der Waals surface area contributed by atoms with Crippen LogP contribution in [0.4, 0.5) is 23.5 Å². The Kier molecular flexibility index (Phi) is 13.4. The van der Waals surface area contributed by atoms with Crippen molar-refractivity contribution in [3.05, 3.63) is 65.7 Å². The van der Waals surface area contributed by atoms with Crippen molar-refractivity contribution >= 4 is 29.4 Å². The number of benzene rings is 2. The van der Waals surface area contributed by atoms with E-state index in [9.17, 15) is 4.79 Å². The molecule has 0 spiro atoms. The third-order valence-corrected chi connectivity index (χ3v) is 5.32. The number of nitrogens with one attached hydrogen (secondary N) is 4. The number of rotatable bonds is 19. The summed E-state index contributed by atoms with van der Waals surface area (Å²) in [5.41, 5.74) is 8.10. The number of hydrogen-bond donors (Lipinski definition) is 6. The van der Waals surface area contributed by atoms with Gasteiger partial charge in [-0.25, -0.2) is 0 Å². The van der Waals surface area contributed by atoms with Crippen LogP contribution in [0.5, 0.6) is 0 Å². The average Bonchev–Trinajstić information content (AvgIpc) is 2.95. The van der Waals surface area contributed by atoms with Crippen LogP contribution in [-0.4, -0.2) is 78.6 Å². The van der Waals surface area contributed by atoms with E-state index in [0.717, 1.165) is 16.8 Å². The largest absolute Gasteiger partial charge is 0.396 e. The summed E-state index contributed by atoms with van der Waals surface area (Å²) in [5, 5.41) is 21.5. The number of amides is 1. The zero-order chi connectivity index (χ0) is 27.5. The number of hydrogen-bond acceptors (Lipinski definition) is 11. The van der Waals surface area contributed by atoms with Crippen molar-refractivity contribution in [1.29, 1.82) is 0 Å². The van der Waals surface area contributed by atoms with Gasteiger partial charge in [0, 0.05) is 38.5 Å². The van der Waals surface area contributed by atoms with Crippen LogP contribution in [0.15, 0.2) is 54.6 Å². The van der Waals surface area contributed by atoms with Crippen molar-refractivity contribution in [2.45, 2.75) is 19.4 Å². The molecule has 0 aliphatic rings. The van der Waals surface area contributed by atoms with E-state index in [1.807, 2.05) is 54.6 Å². The first-order valence-electron chi connectivity index (χ1n) is 13.0. The molecule has 7 N–H and O–H groups in total. The Hall–Kier alpha value is -3.84. The van der Waals surface area contributed by atoms with Gasteiger partial charge in [-0.1, -0.05) is 42.5 Å². The van der Waals surface area contributed by atoms with Gasteiger partial charge in [0.1, 0.15) is 0 Å². The van der Waals surface area contributed by atoms with Crippen LogP contribution in [0.2, 0.25) is 0 Å². The second-order valence-corrected chi connectivity index (χ2v) is 8.51. The minimum absolute atomic E-state index is 0.0749. The SMILES string of the molecule is NCCOCCOCCNC(=O)Cc1ccc(Nc2nc(NCCCO)nc(NCc3ccccc3)n2)cc1. The molecule has 12 heteroatoms. The molecular formula is C27H38N8O4. The zero-order valence-corrected chi connectivity index (χ0v) is 22.1. The first-order valence-corrected chi connectivity index (χ1v) is 13.0. The Morgan fingerprint density at radius 1 is 0.795 bits per heavy atom. The van der Waals surface area contributed by atoms with Gasteiger partial charge in [0.15, 0.2) is 0 Å². The number of aliphatic hydroxyl groups excluding tert-OH is 1. The van der Waals surface area contributed by atoms with Gasteiger partial charge in [-0.3, -0.25) is 4.79 Å². The number of carbonyl (C=O) groups excluding carboxylic acids is 1. The molecule has 0 unspecified atom stereocenters. The fourth-order valence-electron chi connectivity index (χ4n) is 3.40. The smallest absolute Gasteiger partial charge is 0.233 e. The van der Waals surface area contributed by atoms with Crippen LogP contribution < -0.4 is 27.0 Å². The van der Waals surface area contributed by atoms with E-state index >= 15 is 0 Å². The standard InChI is InChI=1S/C27H38N8O4/c28-11-15-38-17-18-39-16-13-29-24(37)19-21-7-9-23(10-8-21)32-27-34-25(30-12-4-14-36)33-26(35-27)31-20-22-5-2-1-3-6-22/h1-3,5-10,36H,4,11-20,28H2,(H,29,37)(H3,30,31,32,33,34,35). The maximum atomic E-state index is 12.2. The van der Waals surface area contributed by atoms with Gasteiger partial charge in [0.2, 0.25) is 23.8 Å². The molecule has 0 aliphatic carbocycles. The molecule has 210 valence electrons. The fraction of sp³-hybridized carbons (Fsp3) is 0.407. The summed E-state index contributed by atoms with van der Waals surface area (Å²) in [7, 11) is 0. The summed E-state index contributed by atoms with van der Waals surface area (Å²) in [5.74, 6) is 1.11. The minimum Gasteiger partial charge on any atom is -0.396 e. The quantitative estimate of drug-likeness (QED) is 0.123. The van der Waals surface area contributed by atoms with Crippen molar-refractivity contribution in [3.63, 3.8) is 0 Å². The van der Waals surface area contributed by atoms with Gasteiger partial charge in [-0.15, -0.1) is 0 Å². The van der Waals surface area contributed by atoms with Crippen LogP contribution in [0.1, 0.15) is 17.5 Å². The highest BCUT2D eigenvalue weighted by Gasteiger charge is 2.08. The Labute approximate surface area is 228 Å². The summed E-state index contributed by atoms with van der Waals surface area (Å²) in [4.78, 5) is 25.6. The molecule has 3 aromatic rings. The molecule has 0 radical (unpaired) electrons. The van der Waals surface area contributed by atoms with Gasteiger partial charge < -0.3 is 41.6 Å². The average molecular weight is 539 g/mol. The molecule has 1 amide bonds. The van der Waals surface area contributed by atoms with Crippen LogP contribution >= 0.6 is 0 Å². The third-order valence-electron chi connectivity index (χ3n) is 5.32. The van der Waals surface area contributed by atoms with E-state index in [1.165, 1.54) is 0 Å². The van der Waals surface area contributed by atoms with Gasteiger partial charge in [0.05, 0.1) is 32.8 Å². The Morgan fingerprint density at radius 3 is 2.21 bits per heavy atom. The van der Waals surface area contributed by atoms with Crippen molar-refractivity contribution in [2.75, 3.05) is 68.6 Å². The molecule has 0 aliphatic heterocycles. The summed E-state index contributed by atoms with van der Waals surface area (Å²) in [6.07, 6.45) is 0.839. The molecule has 2 aromatic carbocycles. The summed E-state index contributed by atoms with van der Waals surface area (Å²) < 4.78 is 10.6. The second-order valence-electron chi connectivity index (χ2n) is 8.51. The molecule has 12 nitrogen and oxygen atoms in total. The fourth-order valence-corrected chi connectivity index (χ4v) is 3.40. The molecular weight excluding hydrogens is 500 g/mol. The predicted octanol–water partition coefficient (Wildman–Crippen LogP) is 1.67. The number of aliphatic hydroxyl groups is 1. The normalized spacial score (nSPS) is 10.7. The first kappa shape index (κ1) is 29.7. The lowest BCUT2D eigenvalue weighted by atomic mass is 10.1. The molecule has 0 bridgehead atoms. The van der Waals surface area contributed by atoms with Crippen molar-refractivity contribution in [3.8, 4) is 0 Å². The maximum absolute atomic E-state index is 12.2. The van der Waals surface area contributed by atoms with E-state index in [4.69, 9.17) is 20.3 Å². The molecule has 39 heavy (non-hydrogen) atoms. The Morgan fingerprint density at radius 2 is 1.49 bits per heavy atom. The highest BCUT2D eigenvalue weighted by atomic mass is 16.5. The van der Waals surface area contributed by atoms with E-state index in [0.29, 0.717) is 76.9 Å². The van der Waals surface area contributed by atoms with Crippen LogP contribution in [0.3, 0.4) is 0 Å². The molecule has 1 heterocycles. The van der Waals surface area contributed by atoms with Gasteiger partial charge >= 0.3 is 0 Å². The topological polar surface area (TPSA) is 169 Å². The van der Waals surface area contributed by atoms with E-state index in [2.05, 4.69) is 36.2 Å². The van der Waals surface area contributed by atoms with E-state index < -0.39 is 0 Å². The van der Waals surface area contributed by atoms with Crippen molar-refractivity contribution < 1.29 is 19.4 Å². The van der Waals surface area contributed by atoms with E-state index in [-0.39, 0.29) is 18.9 Å². The monoisotopic (exact) mass is 538 g/mol. The summed E-state index contributed by atoms with van der Waals surface area (Å²) in [6, 6.07) is 17.4. The molecule has 0 saturated carbocycles. The number of nitrogens with two attached hydrogens (primary N) is 1. The summed E-state index contributed by atoms with van der Waals surface area (Å²) >= 11 is 0. The molecule has 3 rings (SSSR count). The van der Waals surface area contributed by atoms with Crippen molar-refractivity contribution in [2.24, 2.45) is 5.73 Å². The maximum Gasteiger partial charge on any atom is 0.233 e. The van der Waals surface area contributed by atoms with Crippen molar-refractivity contribution in [1.82, 2.24) is 20.3 Å². The van der Waals surface area contributed by atoms with Gasteiger partial charge in [0.25, 0.3) is 0 Å². The zero-order valence-electron chi connectivity index (χ0n) is 22.1. The van der Waals surface area contributed by atoms with Gasteiger partial charge in [-0.2, -0.15) is 15.0 Å². The highest BCUT2D eigenvalue weighted by Crippen LogP contribution is 2.17. The molecule has 0 fully saturated rings. The van der Waals surface area contributed by atoms with Crippen LogP contribution in [0.25, 0.3) is 0 Å². The highest BCUT2D eigenvalue weighted by molar-refractivity contribution is 5.78. The number of carbonyl (C=O) groups is 1. The summed E-state index contributed by atoms with van der Waals surface area (Å²) in [6.45, 7) is 3.99. The number of nitrogens with zero attached hydrogens (tertiary/aromatic N) is 3. The Balaban J connectivity index is 1.50. The predicted molar refractivity (Wildman–Crippen MR) is 151 cm³/mol. The number of aromatic nitrogens is 3. The third kappa shape index (κ3) is 12.0. The molecule has 0 saturated heterocycles. The lowest BCUT2D eigenvalue weighted by molar-refractivity contribution is -0.120. The molecule has 1 aromatic heterocycles. The Bertz CT molecular complexity index is 1100. The van der Waals surface area contributed by atoms with Crippen LogP contribution in [0, 0.1) is 0 Å². The first-order chi connectivity index (χ1) is 19.2. The van der Waals surface area contributed by atoms with E-state index in [1.54, 1.807) is 0 Å². The van der Waals surface area contributed by atoms with Gasteiger partial charge in [-0.05, 0) is 29.7 Å². The molecule has 0 atom stereocenters. The number of anilines is 4.